The van der Waals surface area contributed by atoms with Crippen LogP contribution in [0.5, 0.6) is 0 Å². The van der Waals surface area contributed by atoms with E-state index in [-0.39, 0.29) is 0 Å². The Balaban J connectivity index is 2.12. The average molecular weight is 95.1 g/mol. The summed E-state index contributed by atoms with van der Waals surface area (Å²) in [7, 11) is 0. The molecule has 0 heterocycles. The summed E-state index contributed by atoms with van der Waals surface area (Å²) in [5.41, 5.74) is 0. The van der Waals surface area contributed by atoms with Crippen molar-refractivity contribution in [2.75, 3.05) is 6.54 Å². The molecule has 0 spiro atoms. The van der Waals surface area contributed by atoms with E-state index in [4.69, 9.17) is 6.57 Å². The molecule has 1 fully saturated rings. The summed E-state index contributed by atoms with van der Waals surface area (Å²) < 4.78 is 0. The summed E-state index contributed by atoms with van der Waals surface area (Å²) in [5, 5.41) is 0. The summed E-state index contributed by atoms with van der Waals surface area (Å²) in [6.45, 7) is 9.46. The first-order valence-corrected chi connectivity index (χ1v) is 2.68. The van der Waals surface area contributed by atoms with Gasteiger partial charge in [-0.15, -0.1) is 0 Å². The van der Waals surface area contributed by atoms with Gasteiger partial charge in [0.2, 0.25) is 6.54 Å². The number of rotatable bonds is 1. The SMILES string of the molecule is [C-]#[N+]CC1CC1C. The Labute approximate surface area is 44.2 Å². The van der Waals surface area contributed by atoms with E-state index in [0.29, 0.717) is 0 Å². The number of nitrogens with zero attached hydrogens (tertiary/aromatic N) is 1. The summed E-state index contributed by atoms with van der Waals surface area (Å²) in [6.07, 6.45) is 1.29. The van der Waals surface area contributed by atoms with Crippen LogP contribution in [0.1, 0.15) is 13.3 Å². The van der Waals surface area contributed by atoms with Crippen LogP contribution in [0.3, 0.4) is 0 Å². The maximum Gasteiger partial charge on any atom is 0.217 e. The van der Waals surface area contributed by atoms with Crippen LogP contribution in [0.25, 0.3) is 4.85 Å². The number of hydrogen-bond donors (Lipinski definition) is 0. The molecule has 1 saturated carbocycles. The lowest BCUT2D eigenvalue weighted by molar-refractivity contribution is 0.810. The lowest BCUT2D eigenvalue weighted by atomic mass is 10.3. The summed E-state index contributed by atoms with van der Waals surface area (Å²) >= 11 is 0. The van der Waals surface area contributed by atoms with Crippen LogP contribution in [0.2, 0.25) is 0 Å². The largest absolute Gasteiger partial charge is 0.317 e. The van der Waals surface area contributed by atoms with Gasteiger partial charge >= 0.3 is 0 Å². The molecular weight excluding hydrogens is 86.1 g/mol. The quantitative estimate of drug-likeness (QED) is 0.435. The molecule has 0 radical (unpaired) electrons. The Morgan fingerprint density at radius 2 is 2.43 bits per heavy atom. The predicted octanol–water partition coefficient (Wildman–Crippen LogP) is 1.56. The molecule has 7 heavy (non-hydrogen) atoms. The van der Waals surface area contributed by atoms with E-state index in [2.05, 4.69) is 11.8 Å². The summed E-state index contributed by atoms with van der Waals surface area (Å²) in [6, 6.07) is 0. The molecule has 2 atom stereocenters. The van der Waals surface area contributed by atoms with E-state index in [9.17, 15) is 0 Å². The molecule has 0 bridgehead atoms. The lowest BCUT2D eigenvalue weighted by Gasteiger charge is -1.75. The first kappa shape index (κ1) is 4.64. The molecule has 0 aromatic rings. The summed E-state index contributed by atoms with van der Waals surface area (Å²) in [4.78, 5) is 3.30. The van der Waals surface area contributed by atoms with Crippen LogP contribution in [-0.2, 0) is 0 Å². The zero-order chi connectivity index (χ0) is 5.28. The fourth-order valence-corrected chi connectivity index (χ4v) is 0.771. The highest BCUT2D eigenvalue weighted by Crippen LogP contribution is 2.37. The third kappa shape index (κ3) is 0.928. The molecule has 1 heteroatoms. The van der Waals surface area contributed by atoms with Gasteiger partial charge < -0.3 is 4.85 Å². The highest BCUT2D eigenvalue weighted by atomic mass is 14.7. The highest BCUT2D eigenvalue weighted by Gasteiger charge is 2.34. The van der Waals surface area contributed by atoms with E-state index in [0.717, 1.165) is 18.4 Å². The summed E-state index contributed by atoms with van der Waals surface area (Å²) in [5.74, 6) is 1.62. The molecule has 1 nitrogen and oxygen atoms in total. The Morgan fingerprint density at radius 3 is 2.57 bits per heavy atom. The van der Waals surface area contributed by atoms with Gasteiger partial charge in [0.15, 0.2) is 0 Å². The van der Waals surface area contributed by atoms with Crippen molar-refractivity contribution in [2.45, 2.75) is 13.3 Å². The smallest absolute Gasteiger partial charge is 0.217 e. The molecule has 0 aromatic heterocycles. The van der Waals surface area contributed by atoms with E-state index < -0.39 is 0 Å². The molecule has 2 unspecified atom stereocenters. The lowest BCUT2D eigenvalue weighted by Crippen LogP contribution is -1.78. The monoisotopic (exact) mass is 95.1 g/mol. The van der Waals surface area contributed by atoms with Crippen LogP contribution in [0.4, 0.5) is 0 Å². The van der Waals surface area contributed by atoms with Crippen LogP contribution >= 0.6 is 0 Å². The molecule has 1 aliphatic carbocycles. The molecule has 38 valence electrons. The molecular formula is C6H9N. The molecule has 0 aromatic carbocycles. The first-order valence-electron chi connectivity index (χ1n) is 2.68. The second-order valence-corrected chi connectivity index (χ2v) is 2.31. The van der Waals surface area contributed by atoms with E-state index in [1.165, 1.54) is 6.42 Å². The van der Waals surface area contributed by atoms with Gasteiger partial charge in [0.05, 0.1) is 0 Å². The van der Waals surface area contributed by atoms with Crippen LogP contribution in [0, 0.1) is 18.4 Å². The third-order valence-corrected chi connectivity index (χ3v) is 1.60. The Bertz CT molecular complexity index is 101. The minimum atomic E-state index is 0.762. The van der Waals surface area contributed by atoms with Crippen molar-refractivity contribution >= 4 is 0 Å². The third-order valence-electron chi connectivity index (χ3n) is 1.60. The van der Waals surface area contributed by atoms with Gasteiger partial charge in [-0.05, 0) is 12.3 Å². The minimum Gasteiger partial charge on any atom is -0.317 e. The molecule has 0 N–H and O–H groups in total. The van der Waals surface area contributed by atoms with E-state index >= 15 is 0 Å². The topological polar surface area (TPSA) is 4.36 Å². The Hall–Kier alpha value is -0.510. The standard InChI is InChI=1S/C6H9N/c1-5-3-6(5)4-7-2/h5-6H,3-4H2,1H3. The van der Waals surface area contributed by atoms with Gasteiger partial charge in [-0.3, -0.25) is 0 Å². The van der Waals surface area contributed by atoms with Crippen molar-refractivity contribution in [3.63, 3.8) is 0 Å². The van der Waals surface area contributed by atoms with Gasteiger partial charge in [-0.1, -0.05) is 6.92 Å². The zero-order valence-electron chi connectivity index (χ0n) is 4.52. The van der Waals surface area contributed by atoms with Crippen LogP contribution < -0.4 is 0 Å². The Morgan fingerprint density at radius 1 is 1.86 bits per heavy atom. The van der Waals surface area contributed by atoms with Gasteiger partial charge in [0, 0.05) is 5.92 Å². The van der Waals surface area contributed by atoms with Crippen LogP contribution in [0.15, 0.2) is 0 Å². The fourth-order valence-electron chi connectivity index (χ4n) is 0.771. The number of hydrogen-bond acceptors (Lipinski definition) is 0. The van der Waals surface area contributed by atoms with Gasteiger partial charge in [-0.2, -0.15) is 0 Å². The van der Waals surface area contributed by atoms with Crippen molar-refractivity contribution < 1.29 is 0 Å². The maximum atomic E-state index is 6.49. The van der Waals surface area contributed by atoms with Gasteiger partial charge in [-0.25, -0.2) is 6.57 Å². The van der Waals surface area contributed by atoms with Gasteiger partial charge in [0.25, 0.3) is 0 Å². The molecule has 0 aliphatic heterocycles. The van der Waals surface area contributed by atoms with Crippen molar-refractivity contribution in [1.29, 1.82) is 0 Å². The first-order chi connectivity index (χ1) is 3.34. The molecule has 1 aliphatic rings. The molecule has 1 rings (SSSR count). The predicted molar refractivity (Wildman–Crippen MR) is 28.7 cm³/mol. The van der Waals surface area contributed by atoms with E-state index in [1.54, 1.807) is 0 Å². The van der Waals surface area contributed by atoms with Crippen molar-refractivity contribution in [1.82, 2.24) is 0 Å². The zero-order valence-corrected chi connectivity index (χ0v) is 4.52. The molecule has 0 saturated heterocycles. The second-order valence-electron chi connectivity index (χ2n) is 2.31. The van der Waals surface area contributed by atoms with Gasteiger partial charge in [0.1, 0.15) is 0 Å². The average Bonchev–Trinajstić information content (AvgIpc) is 2.22. The fraction of sp³-hybridized carbons (Fsp3) is 0.833. The van der Waals surface area contributed by atoms with E-state index in [1.807, 2.05) is 0 Å². The second kappa shape index (κ2) is 1.54. The Kier molecular flexibility index (Phi) is 1.02. The van der Waals surface area contributed by atoms with Crippen LogP contribution in [-0.4, -0.2) is 6.54 Å². The van der Waals surface area contributed by atoms with Crippen molar-refractivity contribution in [3.05, 3.63) is 11.4 Å². The normalized spacial score (nSPS) is 37.1. The minimum absolute atomic E-state index is 0.762. The maximum absolute atomic E-state index is 6.49. The molecule has 0 amide bonds. The van der Waals surface area contributed by atoms with Crippen molar-refractivity contribution in [3.8, 4) is 0 Å². The highest BCUT2D eigenvalue weighted by molar-refractivity contribution is 4.87. The van der Waals surface area contributed by atoms with Crippen molar-refractivity contribution in [2.24, 2.45) is 11.8 Å².